The number of imidazole rings is 1. The molecule has 1 saturated carbocycles. The van der Waals surface area contributed by atoms with Crippen molar-refractivity contribution in [1.29, 1.82) is 0 Å². The van der Waals surface area contributed by atoms with Gasteiger partial charge >= 0.3 is 6.18 Å². The molecule has 0 spiro atoms. The number of aromatic nitrogens is 2. The summed E-state index contributed by atoms with van der Waals surface area (Å²) in [6.07, 6.45) is -2.67. The topological polar surface area (TPSA) is 91.3 Å². The van der Waals surface area contributed by atoms with Crippen molar-refractivity contribution in [3.63, 3.8) is 0 Å². The van der Waals surface area contributed by atoms with Crippen LogP contribution in [0.5, 0.6) is 0 Å². The number of nitrogens with zero attached hydrogens (tertiary/aromatic N) is 3. The van der Waals surface area contributed by atoms with Gasteiger partial charge in [0.15, 0.2) is 0 Å². The average molecular weight is 714 g/mol. The van der Waals surface area contributed by atoms with Gasteiger partial charge in [-0.3, -0.25) is 9.59 Å². The lowest BCUT2D eigenvalue weighted by Gasteiger charge is -2.31. The molecule has 0 radical (unpaired) electrons. The third kappa shape index (κ3) is 7.91. The number of alkyl halides is 3. The summed E-state index contributed by atoms with van der Waals surface area (Å²) in [5.74, 6) is 0.635. The number of rotatable bonds is 8. The van der Waals surface area contributed by atoms with Crippen LogP contribution in [-0.2, 0) is 18.4 Å². The summed E-state index contributed by atoms with van der Waals surface area (Å²) in [6, 6.07) is 7.05. The van der Waals surface area contributed by atoms with Crippen molar-refractivity contribution in [3.8, 4) is 0 Å². The van der Waals surface area contributed by atoms with Gasteiger partial charge in [0.05, 0.1) is 43.9 Å². The van der Waals surface area contributed by atoms with Gasteiger partial charge in [-0.1, -0.05) is 50.0 Å². The molecule has 1 aliphatic heterocycles. The van der Waals surface area contributed by atoms with Gasteiger partial charge in [0.1, 0.15) is 0 Å². The number of halogens is 5. The van der Waals surface area contributed by atoms with Gasteiger partial charge in [0.2, 0.25) is 11.9 Å². The van der Waals surface area contributed by atoms with Crippen molar-refractivity contribution < 1.29 is 22.8 Å². The maximum atomic E-state index is 13.8. The van der Waals surface area contributed by atoms with Crippen LogP contribution in [-0.4, -0.2) is 58.2 Å². The molecule has 47 heavy (non-hydrogen) atoms. The van der Waals surface area contributed by atoms with Gasteiger partial charge in [-0.2, -0.15) is 24.9 Å². The molecule has 5 rings (SSSR count). The highest BCUT2D eigenvalue weighted by Crippen LogP contribution is 2.39. The maximum Gasteiger partial charge on any atom is 0.391 e. The first kappa shape index (κ1) is 35.5. The molecule has 2 amide bonds. The van der Waals surface area contributed by atoms with E-state index in [9.17, 15) is 22.8 Å². The SMILES string of the molecule is CN(c1cc2c(cc1C(=O)NC1CCC(C(F)(F)F)CC1)nc(Nc1c(Cl)ccc(CNC(=O)C(C)(C)C)c1Cl)n2C)C1CCSC1. The lowest BCUT2D eigenvalue weighted by molar-refractivity contribution is -0.182. The number of nitrogens with one attached hydrogen (secondary N) is 3. The molecule has 2 aliphatic rings. The molecule has 2 heterocycles. The third-order valence-electron chi connectivity index (χ3n) is 9.13. The van der Waals surface area contributed by atoms with Gasteiger partial charge < -0.3 is 25.4 Å². The summed E-state index contributed by atoms with van der Waals surface area (Å²) in [5.41, 5.74) is 3.03. The third-order valence-corrected chi connectivity index (χ3v) is 11.0. The summed E-state index contributed by atoms with van der Waals surface area (Å²) in [4.78, 5) is 33.1. The van der Waals surface area contributed by atoms with E-state index in [0.717, 1.165) is 29.1 Å². The van der Waals surface area contributed by atoms with Crippen LogP contribution in [0.2, 0.25) is 10.0 Å². The number of hydrogen-bond donors (Lipinski definition) is 3. The number of benzene rings is 2. The molecule has 1 aliphatic carbocycles. The Hall–Kier alpha value is -2.83. The van der Waals surface area contributed by atoms with E-state index in [1.165, 1.54) is 0 Å². The van der Waals surface area contributed by atoms with Crippen LogP contribution in [0.15, 0.2) is 24.3 Å². The van der Waals surface area contributed by atoms with Crippen LogP contribution >= 0.6 is 35.0 Å². The first-order valence-corrected chi connectivity index (χ1v) is 17.7. The summed E-state index contributed by atoms with van der Waals surface area (Å²) in [6.45, 7) is 5.71. The van der Waals surface area contributed by atoms with Gasteiger partial charge in [-0.05, 0) is 61.6 Å². The molecule has 1 saturated heterocycles. The molecule has 14 heteroatoms. The summed E-state index contributed by atoms with van der Waals surface area (Å²) in [5, 5.41) is 9.89. The van der Waals surface area contributed by atoms with Crippen molar-refractivity contribution >= 4 is 75.1 Å². The Balaban J connectivity index is 1.44. The van der Waals surface area contributed by atoms with Gasteiger partial charge in [-0.25, -0.2) is 4.98 Å². The normalized spacial score (nSPS) is 20.3. The monoisotopic (exact) mass is 712 g/mol. The fourth-order valence-corrected chi connectivity index (χ4v) is 7.86. The standard InChI is InChI=1S/C33H41Cl2F3N6O2S/c1-32(2,3)30(46)39-16-18-6-11-23(34)28(27(18)35)42-31-41-24-14-22(29(45)40-20-9-7-19(8-10-20)33(36,37)38)25(15-26(24)44(31)5)43(4)21-12-13-47-17-21/h6,11,14-15,19-21H,7-10,12-13,16-17H2,1-5H3,(H,39,46)(H,40,45)(H,41,42). The Kier molecular flexibility index (Phi) is 10.5. The van der Waals surface area contributed by atoms with E-state index in [2.05, 4.69) is 20.9 Å². The minimum Gasteiger partial charge on any atom is -0.370 e. The zero-order valence-corrected chi connectivity index (χ0v) is 29.5. The second-order valence-electron chi connectivity index (χ2n) is 13.5. The number of aryl methyl sites for hydroxylation is 1. The van der Waals surface area contributed by atoms with E-state index >= 15 is 0 Å². The molecule has 3 N–H and O–H groups in total. The molecular formula is C33H41Cl2F3N6O2S. The second-order valence-corrected chi connectivity index (χ2v) is 15.4. The lowest BCUT2D eigenvalue weighted by Crippen LogP contribution is -2.41. The van der Waals surface area contributed by atoms with Gasteiger partial charge in [0.25, 0.3) is 5.91 Å². The van der Waals surface area contributed by atoms with Crippen LogP contribution in [0.25, 0.3) is 11.0 Å². The van der Waals surface area contributed by atoms with Crippen LogP contribution < -0.4 is 20.9 Å². The average Bonchev–Trinajstić information content (AvgIpc) is 3.65. The fraction of sp³-hybridized carbons (Fsp3) is 0.545. The number of amides is 2. The molecule has 3 aromatic rings. The molecule has 2 aromatic carbocycles. The Bertz CT molecular complexity index is 1640. The second kappa shape index (κ2) is 14.0. The molecule has 256 valence electrons. The van der Waals surface area contributed by atoms with Crippen LogP contribution in [0.3, 0.4) is 0 Å². The van der Waals surface area contributed by atoms with Crippen LogP contribution in [0, 0.1) is 11.3 Å². The maximum absolute atomic E-state index is 13.8. The van der Waals surface area contributed by atoms with Crippen molar-refractivity contribution in [3.05, 3.63) is 45.4 Å². The number of carbonyl (C=O) groups excluding carboxylic acids is 2. The Labute approximate surface area is 287 Å². The lowest BCUT2D eigenvalue weighted by atomic mass is 9.85. The quantitative estimate of drug-likeness (QED) is 0.219. The zero-order valence-electron chi connectivity index (χ0n) is 27.2. The van der Waals surface area contributed by atoms with E-state index in [0.29, 0.717) is 38.3 Å². The molecule has 1 atom stereocenters. The number of fused-ring (bicyclic) bond motifs is 1. The molecular weight excluding hydrogens is 672 g/mol. The highest BCUT2D eigenvalue weighted by Gasteiger charge is 2.41. The van der Waals surface area contributed by atoms with E-state index in [1.54, 1.807) is 18.2 Å². The minimum atomic E-state index is -4.21. The summed E-state index contributed by atoms with van der Waals surface area (Å²) >= 11 is 15.2. The molecule has 1 aromatic heterocycles. The van der Waals surface area contributed by atoms with E-state index < -0.39 is 17.5 Å². The smallest absolute Gasteiger partial charge is 0.370 e. The van der Waals surface area contributed by atoms with Crippen LogP contribution in [0.1, 0.15) is 68.8 Å². The summed E-state index contributed by atoms with van der Waals surface area (Å²) in [7, 11) is 3.82. The van der Waals surface area contributed by atoms with Crippen molar-refractivity contribution in [2.24, 2.45) is 18.4 Å². The zero-order chi connectivity index (χ0) is 34.3. The number of thioether (sulfide) groups is 1. The Morgan fingerprint density at radius 3 is 2.40 bits per heavy atom. The number of hydrogen-bond acceptors (Lipinski definition) is 6. The highest BCUT2D eigenvalue weighted by molar-refractivity contribution is 7.99. The van der Waals surface area contributed by atoms with Crippen molar-refractivity contribution in [2.75, 3.05) is 28.8 Å². The number of anilines is 3. The van der Waals surface area contributed by atoms with Crippen LogP contribution in [0.4, 0.5) is 30.5 Å². The Morgan fingerprint density at radius 2 is 1.79 bits per heavy atom. The fourth-order valence-electron chi connectivity index (χ4n) is 6.06. The van der Waals surface area contributed by atoms with Gasteiger partial charge in [-0.15, -0.1) is 0 Å². The van der Waals surface area contributed by atoms with E-state index in [-0.39, 0.29) is 56.1 Å². The van der Waals surface area contributed by atoms with Crippen molar-refractivity contribution in [2.45, 2.75) is 77.7 Å². The Morgan fingerprint density at radius 1 is 1.09 bits per heavy atom. The first-order valence-electron chi connectivity index (χ1n) is 15.8. The van der Waals surface area contributed by atoms with Crippen molar-refractivity contribution in [1.82, 2.24) is 20.2 Å². The highest BCUT2D eigenvalue weighted by atomic mass is 35.5. The van der Waals surface area contributed by atoms with E-state index in [1.807, 2.05) is 57.3 Å². The minimum absolute atomic E-state index is 0.00406. The van der Waals surface area contributed by atoms with Gasteiger partial charge in [0, 0.05) is 43.9 Å². The predicted molar refractivity (Wildman–Crippen MR) is 185 cm³/mol. The van der Waals surface area contributed by atoms with E-state index in [4.69, 9.17) is 28.2 Å². The largest absolute Gasteiger partial charge is 0.391 e. The predicted octanol–water partition coefficient (Wildman–Crippen LogP) is 8.08. The molecule has 2 fully saturated rings. The molecule has 0 bridgehead atoms. The first-order chi connectivity index (χ1) is 22.0. The summed E-state index contributed by atoms with van der Waals surface area (Å²) < 4.78 is 41.6. The molecule has 8 nitrogen and oxygen atoms in total. The number of carbonyl (C=O) groups is 2. The molecule has 1 unspecified atom stereocenters.